The van der Waals surface area contributed by atoms with Gasteiger partial charge in [0.2, 0.25) is 0 Å². The number of aldehydes is 1. The van der Waals surface area contributed by atoms with Gasteiger partial charge >= 0.3 is 36.1 Å². The Labute approximate surface area is 368 Å². The molecule has 1 aromatic rings. The average Bonchev–Trinajstić information content (AvgIpc) is 3.96. The van der Waals surface area contributed by atoms with E-state index < -0.39 is 66.3 Å². The summed E-state index contributed by atoms with van der Waals surface area (Å²) in [5.74, 6) is -3.72. The van der Waals surface area contributed by atoms with Gasteiger partial charge < -0.3 is 74.0 Å². The summed E-state index contributed by atoms with van der Waals surface area (Å²) in [4.78, 5) is 82.9. The zero-order valence-electron chi connectivity index (χ0n) is 36.0. The number of aryl methyl sites for hydroxylation is 1. The molecule has 1 aromatic carbocycles. The van der Waals surface area contributed by atoms with E-state index in [1.165, 1.54) is 18.1 Å². The van der Waals surface area contributed by atoms with Crippen LogP contribution in [0.25, 0.3) is 0 Å². The smallest absolute Gasteiger partial charge is 0.407 e. The van der Waals surface area contributed by atoms with Crippen LogP contribution in [-0.2, 0) is 51.1 Å². The second kappa shape index (κ2) is 37.6. The Hall–Kier alpha value is -5.13. The van der Waals surface area contributed by atoms with Gasteiger partial charge in [0.05, 0.1) is 6.61 Å². The summed E-state index contributed by atoms with van der Waals surface area (Å²) in [6.07, 6.45) is 7.33. The van der Waals surface area contributed by atoms with Crippen molar-refractivity contribution in [3.8, 4) is 0 Å². The summed E-state index contributed by atoms with van der Waals surface area (Å²) >= 11 is 3.65. The predicted octanol–water partition coefficient (Wildman–Crippen LogP) is 1.21. The summed E-state index contributed by atoms with van der Waals surface area (Å²) in [7, 11) is 0. The number of aliphatic carboxylic acids is 4. The van der Waals surface area contributed by atoms with Crippen LogP contribution in [0, 0.1) is 5.92 Å². The fourth-order valence-electron chi connectivity index (χ4n) is 3.94. The third-order valence-electron chi connectivity index (χ3n) is 8.16. The number of amides is 2. The normalized spacial score (nSPS) is 14.3. The number of unbranched alkanes of at least 4 members (excludes halogenated alkanes) is 2. The van der Waals surface area contributed by atoms with Crippen LogP contribution >= 0.6 is 12.6 Å². The molecule has 0 saturated heterocycles. The lowest BCUT2D eigenvalue weighted by atomic mass is 10.0. The van der Waals surface area contributed by atoms with Gasteiger partial charge in [-0.15, -0.1) is 0 Å². The molecule has 0 bridgehead atoms. The van der Waals surface area contributed by atoms with Crippen molar-refractivity contribution in [3.63, 3.8) is 0 Å². The van der Waals surface area contributed by atoms with Crippen molar-refractivity contribution in [2.24, 2.45) is 34.6 Å². The molecule has 0 aromatic heterocycles. The number of nitrogens with one attached hydrogen (secondary N) is 2. The lowest BCUT2D eigenvalue weighted by Gasteiger charge is -2.08. The molecule has 62 heavy (non-hydrogen) atoms. The quantitative estimate of drug-likeness (QED) is 0.0228. The Kier molecular flexibility index (Phi) is 37.1. The molecule has 16 N–H and O–H groups in total. The first-order valence-corrected chi connectivity index (χ1v) is 20.5. The lowest BCUT2D eigenvalue weighted by molar-refractivity contribution is -0.139. The van der Waals surface area contributed by atoms with E-state index in [-0.39, 0.29) is 11.5 Å². The van der Waals surface area contributed by atoms with Gasteiger partial charge in [0.25, 0.3) is 0 Å². The molecule has 0 spiro atoms. The van der Waals surface area contributed by atoms with Crippen LogP contribution < -0.4 is 39.3 Å². The highest BCUT2D eigenvalue weighted by Crippen LogP contribution is 2.27. The molecular formula is C40H69N7O14S. The van der Waals surface area contributed by atoms with Crippen molar-refractivity contribution in [1.82, 2.24) is 10.6 Å². The molecule has 1 aliphatic carbocycles. The van der Waals surface area contributed by atoms with Gasteiger partial charge in [-0.05, 0) is 82.8 Å². The number of nitrogens with two attached hydrogens (primary N) is 5. The standard InChI is InChI=1S/C12H20N2O4.C11H15NO2.C10H20N2O4.C4H7NO2.C3H7NO2S/c1-8-6-9(8)7-18-12(17)14-5-3-2-4-10(13)11(15)16;1-2-8-3-5-9(6-4-8)7-10(12)11(13)14;1-2-7-16-10(15)12-6-4-3-5-8(11)9(13)14;1-3(7)4(5)2-6;4-2(1-7)3(5)6/h6,9-10H,2-5,7,13H2,1H3,(H,14,17)(H,15,16);3-6,10H,2,7,12H2,1H3,(H,13,14);8H,2-7,11H2,1H3,(H,12,15)(H,13,14);2,4H,5H2,1H3;2,7H,1,4H2,(H,5,6)/t9?,10-;10-;8-;4-;2-/m00000/s1. The Morgan fingerprint density at radius 2 is 1.13 bits per heavy atom. The Balaban J connectivity index is -0.000000735. The van der Waals surface area contributed by atoms with Gasteiger partial charge in [-0.2, -0.15) is 12.6 Å². The highest BCUT2D eigenvalue weighted by Gasteiger charge is 2.21. The number of ketones is 1. The monoisotopic (exact) mass is 903 g/mol. The molecule has 354 valence electrons. The lowest BCUT2D eigenvalue weighted by Crippen LogP contribution is -2.32. The number of benzene rings is 1. The Bertz CT molecular complexity index is 1520. The van der Waals surface area contributed by atoms with Crippen LogP contribution in [0.5, 0.6) is 0 Å². The molecule has 0 radical (unpaired) electrons. The van der Waals surface area contributed by atoms with Crippen molar-refractivity contribution in [2.45, 2.75) is 116 Å². The number of alkyl carbamates (subject to hydrolysis) is 2. The van der Waals surface area contributed by atoms with Gasteiger partial charge in [-0.1, -0.05) is 49.8 Å². The summed E-state index contributed by atoms with van der Waals surface area (Å²) < 4.78 is 9.77. The van der Waals surface area contributed by atoms with Crippen LogP contribution in [0.1, 0.15) is 83.8 Å². The summed E-state index contributed by atoms with van der Waals surface area (Å²) in [5.41, 5.74) is 29.4. The number of thiol groups is 1. The highest BCUT2D eigenvalue weighted by molar-refractivity contribution is 7.80. The van der Waals surface area contributed by atoms with E-state index in [0.717, 1.165) is 18.4 Å². The number of rotatable bonds is 24. The van der Waals surface area contributed by atoms with E-state index in [9.17, 15) is 38.4 Å². The van der Waals surface area contributed by atoms with E-state index >= 15 is 0 Å². The van der Waals surface area contributed by atoms with E-state index in [1.807, 2.05) is 44.2 Å². The van der Waals surface area contributed by atoms with Gasteiger partial charge in [0.15, 0.2) is 5.78 Å². The molecule has 2 amide bonds. The summed E-state index contributed by atoms with van der Waals surface area (Å²) in [5, 5.41) is 38.9. The van der Waals surface area contributed by atoms with Crippen LogP contribution in [0.3, 0.4) is 0 Å². The maximum absolute atomic E-state index is 11.2. The first-order valence-electron chi connectivity index (χ1n) is 19.9. The van der Waals surface area contributed by atoms with Crippen LogP contribution in [0.2, 0.25) is 0 Å². The highest BCUT2D eigenvalue weighted by atomic mass is 32.1. The first-order chi connectivity index (χ1) is 29.1. The van der Waals surface area contributed by atoms with Gasteiger partial charge in [-0.3, -0.25) is 24.0 Å². The average molecular weight is 904 g/mol. The number of hydrogen-bond acceptors (Lipinski definition) is 16. The molecule has 1 unspecified atom stereocenters. The fraction of sp³-hybridized carbons (Fsp3) is 0.600. The second-order valence-electron chi connectivity index (χ2n) is 13.7. The third kappa shape index (κ3) is 36.7. The Morgan fingerprint density at radius 1 is 0.710 bits per heavy atom. The summed E-state index contributed by atoms with van der Waals surface area (Å²) in [6, 6.07) is 3.70. The molecule has 0 heterocycles. The molecule has 0 fully saturated rings. The second-order valence-corrected chi connectivity index (χ2v) is 14.1. The maximum atomic E-state index is 11.2. The van der Waals surface area contributed by atoms with Crippen molar-refractivity contribution in [2.75, 3.05) is 32.1 Å². The molecule has 1 aliphatic rings. The van der Waals surface area contributed by atoms with E-state index in [0.29, 0.717) is 83.5 Å². The molecule has 0 saturated carbocycles. The van der Waals surface area contributed by atoms with Crippen LogP contribution in [-0.4, -0.2) is 131 Å². The number of carbonyl (C=O) groups excluding carboxylic acids is 4. The molecule has 22 heteroatoms. The minimum atomic E-state index is -1.00. The zero-order chi connectivity index (χ0) is 48.2. The van der Waals surface area contributed by atoms with E-state index in [1.54, 1.807) is 0 Å². The van der Waals surface area contributed by atoms with Crippen LogP contribution in [0.4, 0.5) is 9.59 Å². The molecule has 2 rings (SSSR count). The van der Waals surface area contributed by atoms with E-state index in [4.69, 9.17) is 58.6 Å². The minimum Gasteiger partial charge on any atom is -0.480 e. The molecule has 6 atom stereocenters. The zero-order valence-corrected chi connectivity index (χ0v) is 36.9. The number of carboxylic acids is 4. The molecular weight excluding hydrogens is 835 g/mol. The predicted molar refractivity (Wildman–Crippen MR) is 234 cm³/mol. The minimum absolute atomic E-state index is 0.190. The number of Topliss-reactive ketones (excluding diaryl/α,β-unsaturated/α-hetero) is 1. The summed E-state index contributed by atoms with van der Waals surface area (Å²) in [6.45, 7) is 9.05. The topological polar surface area (TPSA) is 390 Å². The molecule has 0 aliphatic heterocycles. The maximum Gasteiger partial charge on any atom is 0.407 e. The number of hydrogen-bond donors (Lipinski definition) is 12. The van der Waals surface area contributed by atoms with Crippen molar-refractivity contribution in [1.29, 1.82) is 0 Å². The first kappa shape index (κ1) is 61.2. The Morgan fingerprint density at radius 3 is 1.44 bits per heavy atom. The van der Waals surface area contributed by atoms with Gasteiger partial charge in [0.1, 0.15) is 43.1 Å². The fourth-order valence-corrected chi connectivity index (χ4v) is 4.10. The number of ether oxygens (including phenoxy) is 2. The van der Waals surface area contributed by atoms with Gasteiger partial charge in [0, 0.05) is 24.8 Å². The van der Waals surface area contributed by atoms with Gasteiger partial charge in [-0.25, -0.2) is 9.59 Å². The van der Waals surface area contributed by atoms with Crippen molar-refractivity contribution in [3.05, 3.63) is 47.0 Å². The van der Waals surface area contributed by atoms with Crippen molar-refractivity contribution < 1.29 is 68.3 Å². The number of carboxylic acid groups (broad SMARTS) is 4. The third-order valence-corrected chi connectivity index (χ3v) is 8.56. The largest absolute Gasteiger partial charge is 0.480 e. The number of carbonyl (C=O) groups is 8. The van der Waals surface area contributed by atoms with Crippen LogP contribution in [0.15, 0.2) is 35.9 Å². The van der Waals surface area contributed by atoms with E-state index in [2.05, 4.69) is 30.2 Å². The SMILES string of the molecule is CC(=O)[C@@H](N)C=O.CC1=CC1COC(=O)NCCCC[C@H](N)C(=O)O.CCCOC(=O)NCCCC[C@H](N)C(=O)O.CCc1ccc(C[C@H](N)C(=O)O)cc1.N[C@@H](CS)C(=O)O. The van der Waals surface area contributed by atoms with Crippen molar-refractivity contribution >= 4 is 60.8 Å². The molecule has 21 nitrogen and oxygen atoms in total.